The molecule has 0 bridgehead atoms. The molecule has 3 saturated carbocycles. The molecule has 0 aromatic rings. The van der Waals surface area contributed by atoms with Crippen LogP contribution in [-0.4, -0.2) is 158 Å². The second-order valence-corrected chi connectivity index (χ2v) is 16.5. The number of aliphatic hydroxyl groups is 9. The van der Waals surface area contributed by atoms with Crippen LogP contribution in [0.15, 0.2) is 12.2 Å². The lowest BCUT2D eigenvalue weighted by atomic mass is 9.43. The summed E-state index contributed by atoms with van der Waals surface area (Å²) in [5.74, 6) is 1.30. The summed E-state index contributed by atoms with van der Waals surface area (Å²) in [5, 5.41) is 95.6. The van der Waals surface area contributed by atoms with E-state index in [0.717, 1.165) is 37.7 Å². The van der Waals surface area contributed by atoms with E-state index in [0.29, 0.717) is 24.2 Å². The van der Waals surface area contributed by atoms with Gasteiger partial charge in [0.05, 0.1) is 25.4 Å². The van der Waals surface area contributed by atoms with Gasteiger partial charge >= 0.3 is 0 Å². The first-order chi connectivity index (χ1) is 24.5. The normalized spacial score (nSPS) is 47.9. The predicted molar refractivity (Wildman–Crippen MR) is 183 cm³/mol. The maximum absolute atomic E-state index is 11.4. The van der Waals surface area contributed by atoms with Gasteiger partial charge in [0.2, 0.25) is 0 Å². The molecule has 2 saturated heterocycles. The van der Waals surface area contributed by atoms with Gasteiger partial charge in [-0.2, -0.15) is 0 Å². The highest BCUT2D eigenvalue weighted by Gasteiger charge is 2.58. The number of fused-ring (bicyclic) bond motifs is 3. The summed E-state index contributed by atoms with van der Waals surface area (Å²) >= 11 is 0. The number of aliphatic hydroxyl groups excluding tert-OH is 9. The molecule has 5 fully saturated rings. The minimum absolute atomic E-state index is 0.0740. The Balaban J connectivity index is 1.45. The molecule has 20 atom stereocenters. The van der Waals surface area contributed by atoms with Crippen LogP contribution in [0, 0.1) is 28.6 Å². The number of hydrogen-bond acceptors (Lipinski definition) is 15. The molecule has 0 spiro atoms. The topological polar surface area (TPSA) is 237 Å². The summed E-state index contributed by atoms with van der Waals surface area (Å²) in [6.07, 6.45) is -15.1. The summed E-state index contributed by atoms with van der Waals surface area (Å²) in [4.78, 5) is 0. The first-order valence-corrected chi connectivity index (χ1v) is 19.0. The Hall–Kier alpha value is -0.860. The minimum atomic E-state index is -2.11. The highest BCUT2D eigenvalue weighted by atomic mass is 16.8. The zero-order valence-corrected chi connectivity index (χ0v) is 31.1. The van der Waals surface area contributed by atoms with E-state index in [2.05, 4.69) is 27.4 Å². The molecule has 2 heterocycles. The van der Waals surface area contributed by atoms with Crippen molar-refractivity contribution >= 4 is 0 Å². The molecule has 3 aliphatic carbocycles. The number of methoxy groups -OCH3 is 1. The maximum atomic E-state index is 11.4. The Morgan fingerprint density at radius 3 is 2.13 bits per heavy atom. The van der Waals surface area contributed by atoms with Gasteiger partial charge in [-0.3, -0.25) is 0 Å². The quantitative estimate of drug-likeness (QED) is 0.0668. The largest absolute Gasteiger partial charge is 0.394 e. The fourth-order valence-electron chi connectivity index (χ4n) is 10.2. The lowest BCUT2D eigenvalue weighted by Crippen LogP contribution is -2.66. The van der Waals surface area contributed by atoms with Crippen LogP contribution in [0.3, 0.4) is 0 Å². The lowest BCUT2D eigenvalue weighted by molar-refractivity contribution is -0.382. The van der Waals surface area contributed by atoms with Crippen molar-refractivity contribution in [3.63, 3.8) is 0 Å². The summed E-state index contributed by atoms with van der Waals surface area (Å²) in [7, 11) is 1.31. The van der Waals surface area contributed by atoms with Crippen molar-refractivity contribution < 1.29 is 74.4 Å². The number of rotatable bonds is 13. The third-order valence-corrected chi connectivity index (χ3v) is 13.6. The van der Waals surface area contributed by atoms with E-state index in [1.54, 1.807) is 0 Å². The van der Waals surface area contributed by atoms with Crippen LogP contribution >= 0.6 is 0 Å². The van der Waals surface area contributed by atoms with Gasteiger partial charge in [-0.15, -0.1) is 0 Å². The molecular formula is C37H64O15. The van der Waals surface area contributed by atoms with Crippen molar-refractivity contribution in [1.29, 1.82) is 0 Å². The second kappa shape index (κ2) is 17.1. The highest BCUT2D eigenvalue weighted by Crippen LogP contribution is 2.65. The van der Waals surface area contributed by atoms with Gasteiger partial charge in [0.15, 0.2) is 18.9 Å². The second-order valence-electron chi connectivity index (χ2n) is 16.5. The van der Waals surface area contributed by atoms with Crippen LogP contribution in [0.4, 0.5) is 0 Å². The van der Waals surface area contributed by atoms with Gasteiger partial charge in [0.25, 0.3) is 0 Å². The molecule has 302 valence electrons. The Kier molecular flexibility index (Phi) is 13.9. The Labute approximate surface area is 306 Å². The van der Waals surface area contributed by atoms with E-state index in [9.17, 15) is 46.0 Å². The molecule has 52 heavy (non-hydrogen) atoms. The number of hydrogen-bond donors (Lipinski definition) is 9. The Morgan fingerprint density at radius 1 is 0.846 bits per heavy atom. The van der Waals surface area contributed by atoms with Crippen LogP contribution in [-0.2, 0) is 28.4 Å². The fourth-order valence-corrected chi connectivity index (χ4v) is 10.2. The summed E-state index contributed by atoms with van der Waals surface area (Å²) < 4.78 is 35.3. The standard InChI is InChI=1S/C37H64O15/c1-7-36(4)11-8-12-37(5)20-14-21(17(2)13-19(20)9-10-24(36)37)48-35-32(51-33(46)29(44)25(40)18(3)47-6)31(27(42)23(16-39)50-35)52-34-30(45)28(43)26(41)22(15-38)49-34/h18-35,38-46H,2,7-16H2,1,3-6H3/t18?,19?,20-,21?,22?,23?,24?,25?,26?,27?,28?,29?,30?,31?,32?,33?,34?,35?,36-,37+/m1/s1. The molecule has 0 amide bonds. The average molecular weight is 749 g/mol. The highest BCUT2D eigenvalue weighted by molar-refractivity contribution is 5.15. The van der Waals surface area contributed by atoms with Gasteiger partial charge in [0, 0.05) is 7.11 Å². The van der Waals surface area contributed by atoms with Crippen LogP contribution in [0.5, 0.6) is 0 Å². The molecule has 0 aromatic carbocycles. The predicted octanol–water partition coefficient (Wildman–Crippen LogP) is -0.306. The third-order valence-electron chi connectivity index (χ3n) is 13.6. The SMILES string of the molecule is C=C1CC2CCC3[C@](C)(CC)CCC[C@@]3(C)[C@@H]2CC1OC1OC(CO)C(O)C(OC2OC(CO)C(O)C(O)C2O)C1OC(O)C(O)C(O)C(C)OC. The van der Waals surface area contributed by atoms with Crippen molar-refractivity contribution in [2.24, 2.45) is 28.6 Å². The zero-order valence-electron chi connectivity index (χ0n) is 31.1. The molecule has 2 aliphatic heterocycles. The minimum Gasteiger partial charge on any atom is -0.394 e. The molecule has 15 nitrogen and oxygen atoms in total. The Morgan fingerprint density at radius 2 is 1.50 bits per heavy atom. The van der Waals surface area contributed by atoms with Gasteiger partial charge in [-0.25, -0.2) is 0 Å². The van der Waals surface area contributed by atoms with Crippen LogP contribution in [0.25, 0.3) is 0 Å². The monoisotopic (exact) mass is 748 g/mol. The first-order valence-electron chi connectivity index (χ1n) is 19.0. The smallest absolute Gasteiger partial charge is 0.187 e. The van der Waals surface area contributed by atoms with E-state index in [1.165, 1.54) is 26.9 Å². The van der Waals surface area contributed by atoms with E-state index >= 15 is 0 Å². The van der Waals surface area contributed by atoms with E-state index in [4.69, 9.17) is 28.4 Å². The first kappa shape index (κ1) is 42.3. The molecule has 0 aromatic heterocycles. The molecular weight excluding hydrogens is 684 g/mol. The number of ether oxygens (including phenoxy) is 6. The zero-order chi connectivity index (χ0) is 38.3. The third kappa shape index (κ3) is 8.02. The van der Waals surface area contributed by atoms with Gasteiger partial charge < -0.3 is 74.4 Å². The molecule has 0 radical (unpaired) electrons. The van der Waals surface area contributed by atoms with E-state index < -0.39 is 105 Å². The molecule has 9 N–H and O–H groups in total. The van der Waals surface area contributed by atoms with E-state index in [1.807, 2.05) is 0 Å². The van der Waals surface area contributed by atoms with E-state index in [-0.39, 0.29) is 10.8 Å². The molecule has 15 heteroatoms. The molecule has 5 aliphatic rings. The summed E-state index contributed by atoms with van der Waals surface area (Å²) in [5.41, 5.74) is 1.16. The van der Waals surface area contributed by atoms with Crippen molar-refractivity contribution in [2.75, 3.05) is 20.3 Å². The van der Waals surface area contributed by atoms with Gasteiger partial charge in [0.1, 0.15) is 61.0 Å². The summed E-state index contributed by atoms with van der Waals surface area (Å²) in [6.45, 7) is 11.5. The lowest BCUT2D eigenvalue weighted by Gasteiger charge is -2.62. The van der Waals surface area contributed by atoms with Crippen molar-refractivity contribution in [1.82, 2.24) is 0 Å². The van der Waals surface area contributed by atoms with Crippen LogP contribution < -0.4 is 0 Å². The van der Waals surface area contributed by atoms with Gasteiger partial charge in [-0.05, 0) is 79.6 Å². The Bertz CT molecular complexity index is 1180. The van der Waals surface area contributed by atoms with Crippen LogP contribution in [0.2, 0.25) is 0 Å². The van der Waals surface area contributed by atoms with Crippen molar-refractivity contribution in [3.05, 3.63) is 12.2 Å². The summed E-state index contributed by atoms with van der Waals surface area (Å²) in [6, 6.07) is 0. The van der Waals surface area contributed by atoms with Crippen LogP contribution in [0.1, 0.15) is 79.1 Å². The van der Waals surface area contributed by atoms with Crippen molar-refractivity contribution in [2.45, 2.75) is 171 Å². The maximum Gasteiger partial charge on any atom is 0.187 e. The van der Waals surface area contributed by atoms with Crippen molar-refractivity contribution in [3.8, 4) is 0 Å². The fraction of sp³-hybridized carbons (Fsp3) is 0.946. The average Bonchev–Trinajstić information content (AvgIpc) is 3.13. The molecule has 17 unspecified atom stereocenters. The molecule has 5 rings (SSSR count). The van der Waals surface area contributed by atoms with Gasteiger partial charge in [-0.1, -0.05) is 40.2 Å².